The number of carbonyl (C=O) groups excluding carboxylic acids is 2. The molecule has 3 aromatic rings. The second-order valence-corrected chi connectivity index (χ2v) is 12.4. The summed E-state index contributed by atoms with van der Waals surface area (Å²) < 4.78 is 33.9. The van der Waals surface area contributed by atoms with Gasteiger partial charge in [-0.3, -0.25) is 13.9 Å². The van der Waals surface area contributed by atoms with Crippen LogP contribution in [0.2, 0.25) is 10.0 Å². The van der Waals surface area contributed by atoms with Crippen molar-refractivity contribution in [2.24, 2.45) is 0 Å². The van der Waals surface area contributed by atoms with Gasteiger partial charge < -0.3 is 15.0 Å². The lowest BCUT2D eigenvalue weighted by atomic mass is 10.1. The Morgan fingerprint density at radius 2 is 1.50 bits per heavy atom. The van der Waals surface area contributed by atoms with Crippen LogP contribution in [0, 0.1) is 6.92 Å². The third-order valence-electron chi connectivity index (χ3n) is 6.13. The number of ether oxygens (including phenoxy) is 1. The molecule has 0 spiro atoms. The third-order valence-corrected chi connectivity index (χ3v) is 8.36. The van der Waals surface area contributed by atoms with Crippen molar-refractivity contribution in [3.63, 3.8) is 0 Å². The van der Waals surface area contributed by atoms with Crippen molar-refractivity contribution in [2.75, 3.05) is 18.0 Å². The zero-order valence-electron chi connectivity index (χ0n) is 23.0. The Hall–Kier alpha value is -3.27. The Labute approximate surface area is 245 Å². The molecule has 0 unspecified atom stereocenters. The molecule has 0 bridgehead atoms. The van der Waals surface area contributed by atoms with Crippen LogP contribution in [0.1, 0.15) is 31.9 Å². The molecule has 214 valence electrons. The molecule has 1 N–H and O–H groups in total. The quantitative estimate of drug-likeness (QED) is 0.313. The molecule has 0 heterocycles. The highest BCUT2D eigenvalue weighted by Gasteiger charge is 2.33. The third kappa shape index (κ3) is 7.90. The van der Waals surface area contributed by atoms with Gasteiger partial charge in [0.25, 0.3) is 10.0 Å². The van der Waals surface area contributed by atoms with Gasteiger partial charge in [-0.2, -0.15) is 0 Å². The zero-order chi connectivity index (χ0) is 29.6. The summed E-state index contributed by atoms with van der Waals surface area (Å²) in [6.07, 6.45) is 0. The van der Waals surface area contributed by atoms with E-state index in [1.54, 1.807) is 50.4 Å². The standard InChI is InChI=1S/C29H33Cl2N3O5S/c1-19(2)32-29(36)21(4)33(17-22-8-10-26(39-5)11-9-22)28(35)18-34(25-15-23(30)14-24(31)16-25)40(37,38)27-12-6-20(3)7-13-27/h6-16,19,21H,17-18H2,1-5H3,(H,32,36)/t21-/m1/s1. The van der Waals surface area contributed by atoms with Gasteiger partial charge in [0.2, 0.25) is 11.8 Å². The summed E-state index contributed by atoms with van der Waals surface area (Å²) in [6, 6.07) is 16.6. The molecule has 0 aromatic heterocycles. The minimum absolute atomic E-state index is 0.00528. The predicted molar refractivity (Wildman–Crippen MR) is 158 cm³/mol. The van der Waals surface area contributed by atoms with E-state index in [9.17, 15) is 18.0 Å². The van der Waals surface area contributed by atoms with Gasteiger partial charge in [0, 0.05) is 22.6 Å². The number of anilines is 1. The maximum atomic E-state index is 13.9. The molecule has 0 saturated carbocycles. The lowest BCUT2D eigenvalue weighted by Crippen LogP contribution is -2.52. The van der Waals surface area contributed by atoms with Crippen LogP contribution in [0.3, 0.4) is 0 Å². The van der Waals surface area contributed by atoms with Crippen molar-refractivity contribution in [3.05, 3.63) is 87.9 Å². The molecular weight excluding hydrogens is 573 g/mol. The number of rotatable bonds is 11. The average molecular weight is 607 g/mol. The molecule has 0 aliphatic heterocycles. The molecule has 0 radical (unpaired) electrons. The van der Waals surface area contributed by atoms with Crippen LogP contribution in [-0.2, 0) is 26.2 Å². The van der Waals surface area contributed by atoms with Crippen LogP contribution in [0.4, 0.5) is 5.69 Å². The second-order valence-electron chi connectivity index (χ2n) is 9.66. The summed E-state index contributed by atoms with van der Waals surface area (Å²) in [5.41, 5.74) is 1.73. The van der Waals surface area contributed by atoms with E-state index < -0.39 is 28.5 Å². The number of halogens is 2. The van der Waals surface area contributed by atoms with Gasteiger partial charge in [0.05, 0.1) is 17.7 Å². The highest BCUT2D eigenvalue weighted by atomic mass is 35.5. The Balaban J connectivity index is 2.05. The van der Waals surface area contributed by atoms with Crippen molar-refractivity contribution in [1.29, 1.82) is 0 Å². The van der Waals surface area contributed by atoms with E-state index in [2.05, 4.69) is 5.32 Å². The summed E-state index contributed by atoms with van der Waals surface area (Å²) >= 11 is 12.4. The molecule has 3 rings (SSSR count). The van der Waals surface area contributed by atoms with E-state index in [1.165, 1.54) is 35.2 Å². The molecule has 0 fully saturated rings. The molecule has 0 aliphatic carbocycles. The fourth-order valence-corrected chi connectivity index (χ4v) is 5.88. The molecule has 3 aromatic carbocycles. The Kier molecular flexibility index (Phi) is 10.5. The molecule has 40 heavy (non-hydrogen) atoms. The van der Waals surface area contributed by atoms with E-state index in [4.69, 9.17) is 27.9 Å². The molecule has 1 atom stereocenters. The number of sulfonamides is 1. The number of hydrogen-bond donors (Lipinski definition) is 1. The fourth-order valence-electron chi connectivity index (χ4n) is 3.96. The van der Waals surface area contributed by atoms with Crippen molar-refractivity contribution >= 4 is 50.7 Å². The van der Waals surface area contributed by atoms with Crippen LogP contribution >= 0.6 is 23.2 Å². The largest absolute Gasteiger partial charge is 0.497 e. The highest BCUT2D eigenvalue weighted by Crippen LogP contribution is 2.30. The van der Waals surface area contributed by atoms with E-state index in [0.717, 1.165) is 15.4 Å². The Morgan fingerprint density at radius 3 is 2.02 bits per heavy atom. The second kappa shape index (κ2) is 13.4. The normalized spacial score (nSPS) is 12.1. The maximum Gasteiger partial charge on any atom is 0.264 e. The summed E-state index contributed by atoms with van der Waals surface area (Å²) in [5.74, 6) is -0.315. The van der Waals surface area contributed by atoms with Gasteiger partial charge >= 0.3 is 0 Å². The number of amides is 2. The average Bonchev–Trinajstić information content (AvgIpc) is 2.89. The molecule has 11 heteroatoms. The summed E-state index contributed by atoms with van der Waals surface area (Å²) in [7, 11) is -2.68. The number of aryl methyl sites for hydroxylation is 1. The summed E-state index contributed by atoms with van der Waals surface area (Å²) in [6.45, 7) is 6.55. The first kappa shape index (κ1) is 31.3. The zero-order valence-corrected chi connectivity index (χ0v) is 25.3. The Bertz CT molecular complexity index is 1430. The van der Waals surface area contributed by atoms with Gasteiger partial charge in [-0.25, -0.2) is 8.42 Å². The Morgan fingerprint density at radius 1 is 0.925 bits per heavy atom. The predicted octanol–water partition coefficient (Wildman–Crippen LogP) is 5.45. The van der Waals surface area contributed by atoms with Gasteiger partial charge in [0.1, 0.15) is 18.3 Å². The van der Waals surface area contributed by atoms with Crippen LogP contribution in [0.25, 0.3) is 0 Å². The number of carbonyl (C=O) groups is 2. The topological polar surface area (TPSA) is 96.0 Å². The van der Waals surface area contributed by atoms with Crippen molar-refractivity contribution in [2.45, 2.75) is 51.2 Å². The molecule has 2 amide bonds. The van der Waals surface area contributed by atoms with E-state index in [-0.39, 0.29) is 39.1 Å². The molecule has 8 nitrogen and oxygen atoms in total. The first-order valence-electron chi connectivity index (χ1n) is 12.6. The molecule has 0 aliphatic rings. The van der Waals surface area contributed by atoms with Crippen molar-refractivity contribution in [1.82, 2.24) is 10.2 Å². The van der Waals surface area contributed by atoms with Gasteiger partial charge in [-0.1, -0.05) is 53.0 Å². The van der Waals surface area contributed by atoms with Crippen LogP contribution in [0.15, 0.2) is 71.6 Å². The number of methoxy groups -OCH3 is 1. The van der Waals surface area contributed by atoms with E-state index >= 15 is 0 Å². The summed E-state index contributed by atoms with van der Waals surface area (Å²) in [4.78, 5) is 28.3. The SMILES string of the molecule is COc1ccc(CN(C(=O)CN(c2cc(Cl)cc(Cl)c2)S(=O)(=O)c2ccc(C)cc2)[C@H](C)C(=O)NC(C)C)cc1. The van der Waals surface area contributed by atoms with E-state index in [0.29, 0.717) is 5.75 Å². The monoisotopic (exact) mass is 605 g/mol. The molecule has 0 saturated heterocycles. The minimum atomic E-state index is -4.23. The van der Waals surface area contributed by atoms with E-state index in [1.807, 2.05) is 20.8 Å². The number of benzene rings is 3. The van der Waals surface area contributed by atoms with Gasteiger partial charge in [-0.05, 0) is 75.7 Å². The van der Waals surface area contributed by atoms with Gasteiger partial charge in [0.15, 0.2) is 0 Å². The van der Waals surface area contributed by atoms with Crippen LogP contribution in [-0.4, -0.2) is 50.9 Å². The van der Waals surface area contributed by atoms with Crippen LogP contribution in [0.5, 0.6) is 5.75 Å². The maximum absolute atomic E-state index is 13.9. The van der Waals surface area contributed by atoms with Crippen molar-refractivity contribution in [3.8, 4) is 5.75 Å². The lowest BCUT2D eigenvalue weighted by molar-refractivity contribution is -0.139. The number of nitrogens with zero attached hydrogens (tertiary/aromatic N) is 2. The minimum Gasteiger partial charge on any atom is -0.497 e. The smallest absolute Gasteiger partial charge is 0.264 e. The van der Waals surface area contributed by atoms with Gasteiger partial charge in [-0.15, -0.1) is 0 Å². The number of nitrogens with one attached hydrogen (secondary N) is 1. The first-order valence-corrected chi connectivity index (χ1v) is 14.8. The fraction of sp³-hybridized carbons (Fsp3) is 0.310. The lowest BCUT2D eigenvalue weighted by Gasteiger charge is -2.32. The number of hydrogen-bond acceptors (Lipinski definition) is 5. The highest BCUT2D eigenvalue weighted by molar-refractivity contribution is 7.92. The molecular formula is C29H33Cl2N3O5S. The first-order chi connectivity index (χ1) is 18.8. The summed E-state index contributed by atoms with van der Waals surface area (Å²) in [5, 5.41) is 3.24. The van der Waals surface area contributed by atoms with Crippen LogP contribution < -0.4 is 14.4 Å². The van der Waals surface area contributed by atoms with Crippen molar-refractivity contribution < 1.29 is 22.7 Å².